The summed E-state index contributed by atoms with van der Waals surface area (Å²) in [6.45, 7) is 3.63. The number of aromatic nitrogens is 1. The van der Waals surface area contributed by atoms with E-state index in [0.717, 1.165) is 15.2 Å². The number of hydrogen-bond donors (Lipinski definition) is 1. The molecule has 2 aromatic carbocycles. The lowest BCUT2D eigenvalue weighted by molar-refractivity contribution is 0.600. The van der Waals surface area contributed by atoms with Crippen LogP contribution in [0.2, 0.25) is 5.02 Å². The van der Waals surface area contributed by atoms with Crippen LogP contribution >= 0.6 is 22.9 Å². The molecule has 1 N–H and O–H groups in total. The molecule has 0 spiro atoms. The summed E-state index contributed by atoms with van der Waals surface area (Å²) >= 11 is 7.62. The van der Waals surface area contributed by atoms with Crippen molar-refractivity contribution in [1.82, 2.24) is 4.98 Å². The van der Waals surface area contributed by atoms with Gasteiger partial charge in [0, 0.05) is 0 Å². The van der Waals surface area contributed by atoms with Crippen LogP contribution in [0.4, 0.5) is 5.69 Å². The third-order valence-corrected chi connectivity index (χ3v) is 6.14. The Morgan fingerprint density at radius 3 is 2.68 bits per heavy atom. The molecular weight excluding hydrogens is 340 g/mol. The van der Waals surface area contributed by atoms with Crippen molar-refractivity contribution in [2.24, 2.45) is 0 Å². The van der Waals surface area contributed by atoms with Crippen molar-refractivity contribution in [1.29, 1.82) is 0 Å². The number of benzene rings is 2. The van der Waals surface area contributed by atoms with Gasteiger partial charge in [-0.3, -0.25) is 4.72 Å². The van der Waals surface area contributed by atoms with E-state index in [-0.39, 0.29) is 9.92 Å². The van der Waals surface area contributed by atoms with Gasteiger partial charge in [-0.05, 0) is 43.7 Å². The molecule has 0 fully saturated rings. The molecule has 0 aliphatic rings. The molecule has 3 aromatic rings. The zero-order chi connectivity index (χ0) is 15.9. The molecule has 3 rings (SSSR count). The lowest BCUT2D eigenvalue weighted by Crippen LogP contribution is -2.14. The highest BCUT2D eigenvalue weighted by atomic mass is 35.5. The first kappa shape index (κ1) is 15.3. The first-order valence-electron chi connectivity index (χ1n) is 6.52. The predicted octanol–water partition coefficient (Wildman–Crippen LogP) is 4.37. The van der Waals surface area contributed by atoms with Crippen LogP contribution in [-0.4, -0.2) is 13.4 Å². The van der Waals surface area contributed by atoms with E-state index in [4.69, 9.17) is 11.6 Å². The molecule has 0 atom stereocenters. The summed E-state index contributed by atoms with van der Waals surface area (Å²) in [5.41, 5.74) is 1.85. The highest BCUT2D eigenvalue weighted by molar-refractivity contribution is 7.92. The van der Waals surface area contributed by atoms with Gasteiger partial charge in [-0.2, -0.15) is 0 Å². The quantitative estimate of drug-likeness (QED) is 0.761. The van der Waals surface area contributed by atoms with E-state index in [1.165, 1.54) is 0 Å². The van der Waals surface area contributed by atoms with Gasteiger partial charge in [-0.25, -0.2) is 13.4 Å². The molecule has 4 nitrogen and oxygen atoms in total. The molecule has 0 bridgehead atoms. The van der Waals surface area contributed by atoms with Crippen molar-refractivity contribution >= 4 is 48.9 Å². The second-order valence-electron chi connectivity index (χ2n) is 4.91. The van der Waals surface area contributed by atoms with Crippen LogP contribution in [0.15, 0.2) is 41.3 Å². The number of nitrogens with zero attached hydrogens (tertiary/aromatic N) is 1. The maximum atomic E-state index is 12.6. The van der Waals surface area contributed by atoms with Gasteiger partial charge in [0.25, 0.3) is 10.0 Å². The standard InChI is InChI=1S/C15H13ClN2O2S2/c1-9-4-3-5-12(16)15(9)22(19,20)18-11-6-7-14-13(8-11)17-10(2)21-14/h3-8,18H,1-2H3. The van der Waals surface area contributed by atoms with Crippen LogP contribution in [0.1, 0.15) is 10.6 Å². The van der Waals surface area contributed by atoms with Gasteiger partial charge >= 0.3 is 0 Å². The molecule has 1 heterocycles. The zero-order valence-electron chi connectivity index (χ0n) is 11.9. The van der Waals surface area contributed by atoms with E-state index in [1.54, 1.807) is 48.6 Å². The summed E-state index contributed by atoms with van der Waals surface area (Å²) in [7, 11) is -3.74. The topological polar surface area (TPSA) is 59.1 Å². The van der Waals surface area contributed by atoms with E-state index in [0.29, 0.717) is 11.3 Å². The van der Waals surface area contributed by atoms with Gasteiger partial charge < -0.3 is 0 Å². The van der Waals surface area contributed by atoms with Gasteiger partial charge in [0.05, 0.1) is 25.9 Å². The Morgan fingerprint density at radius 1 is 1.18 bits per heavy atom. The van der Waals surface area contributed by atoms with Crippen molar-refractivity contribution in [3.8, 4) is 0 Å². The van der Waals surface area contributed by atoms with Crippen molar-refractivity contribution in [2.75, 3.05) is 4.72 Å². The Labute approximate surface area is 137 Å². The summed E-state index contributed by atoms with van der Waals surface area (Å²) in [4.78, 5) is 4.47. The van der Waals surface area contributed by atoms with Gasteiger partial charge in [0.15, 0.2) is 0 Å². The Hall–Kier alpha value is -1.63. The van der Waals surface area contributed by atoms with Gasteiger partial charge in [0.1, 0.15) is 4.90 Å². The number of rotatable bonds is 3. The number of halogens is 1. The van der Waals surface area contributed by atoms with Gasteiger partial charge in [-0.15, -0.1) is 11.3 Å². The molecule has 0 amide bonds. The normalized spacial score (nSPS) is 11.8. The predicted molar refractivity (Wildman–Crippen MR) is 91.4 cm³/mol. The minimum absolute atomic E-state index is 0.103. The molecule has 7 heteroatoms. The fourth-order valence-electron chi connectivity index (χ4n) is 2.27. The number of sulfonamides is 1. The largest absolute Gasteiger partial charge is 0.279 e. The second kappa shape index (κ2) is 5.53. The van der Waals surface area contributed by atoms with E-state index >= 15 is 0 Å². The SMILES string of the molecule is Cc1nc2cc(NS(=O)(=O)c3c(C)cccc3Cl)ccc2s1. The summed E-state index contributed by atoms with van der Waals surface area (Å²) in [5, 5.41) is 1.15. The average Bonchev–Trinajstić information content (AvgIpc) is 2.77. The fraction of sp³-hybridized carbons (Fsp3) is 0.133. The first-order valence-corrected chi connectivity index (χ1v) is 9.20. The molecule has 1 aromatic heterocycles. The van der Waals surface area contributed by atoms with Crippen LogP contribution in [-0.2, 0) is 10.0 Å². The molecule has 0 unspecified atom stereocenters. The van der Waals surface area contributed by atoms with E-state index in [2.05, 4.69) is 9.71 Å². The lowest BCUT2D eigenvalue weighted by atomic mass is 10.2. The highest BCUT2D eigenvalue weighted by Crippen LogP contribution is 2.29. The van der Waals surface area contributed by atoms with Crippen molar-refractivity contribution < 1.29 is 8.42 Å². The van der Waals surface area contributed by atoms with Crippen molar-refractivity contribution in [3.63, 3.8) is 0 Å². The summed E-state index contributed by atoms with van der Waals surface area (Å²) < 4.78 is 28.7. The third kappa shape index (κ3) is 2.82. The summed E-state index contributed by atoms with van der Waals surface area (Å²) in [5.74, 6) is 0. The fourth-order valence-corrected chi connectivity index (χ4v) is 4.96. The Balaban J connectivity index is 2.02. The minimum Gasteiger partial charge on any atom is -0.279 e. The van der Waals surface area contributed by atoms with Crippen LogP contribution in [0.5, 0.6) is 0 Å². The monoisotopic (exact) mass is 352 g/mol. The van der Waals surface area contributed by atoms with Gasteiger partial charge in [0.2, 0.25) is 0 Å². The molecule has 0 aliphatic carbocycles. The first-order chi connectivity index (χ1) is 10.4. The Morgan fingerprint density at radius 2 is 1.95 bits per heavy atom. The van der Waals surface area contributed by atoms with Crippen molar-refractivity contribution in [2.45, 2.75) is 18.7 Å². The summed E-state index contributed by atoms with van der Waals surface area (Å²) in [6.07, 6.45) is 0. The smallest absolute Gasteiger partial charge is 0.263 e. The Kier molecular flexibility index (Phi) is 3.84. The number of aryl methyl sites for hydroxylation is 2. The molecule has 0 saturated heterocycles. The van der Waals surface area contributed by atoms with Crippen LogP contribution in [0.3, 0.4) is 0 Å². The number of nitrogens with one attached hydrogen (secondary N) is 1. The maximum absolute atomic E-state index is 12.6. The zero-order valence-corrected chi connectivity index (χ0v) is 14.3. The number of anilines is 1. The number of hydrogen-bond acceptors (Lipinski definition) is 4. The minimum atomic E-state index is -3.74. The average molecular weight is 353 g/mol. The molecule has 0 radical (unpaired) electrons. The van der Waals surface area contributed by atoms with Crippen LogP contribution < -0.4 is 4.72 Å². The van der Waals surface area contributed by atoms with E-state index in [1.807, 2.05) is 13.0 Å². The summed E-state index contributed by atoms with van der Waals surface area (Å²) in [6, 6.07) is 10.3. The third-order valence-electron chi connectivity index (χ3n) is 3.18. The molecule has 0 saturated carbocycles. The van der Waals surface area contributed by atoms with Gasteiger partial charge in [-0.1, -0.05) is 23.7 Å². The second-order valence-corrected chi connectivity index (χ2v) is 8.17. The maximum Gasteiger partial charge on any atom is 0.263 e. The van der Waals surface area contributed by atoms with Crippen LogP contribution in [0.25, 0.3) is 10.2 Å². The number of fused-ring (bicyclic) bond motifs is 1. The van der Waals surface area contributed by atoms with E-state index in [9.17, 15) is 8.42 Å². The molecular formula is C15H13ClN2O2S2. The molecule has 22 heavy (non-hydrogen) atoms. The Bertz CT molecular complexity index is 945. The highest BCUT2D eigenvalue weighted by Gasteiger charge is 2.20. The van der Waals surface area contributed by atoms with Crippen LogP contribution in [0, 0.1) is 13.8 Å². The molecule has 114 valence electrons. The number of thiazole rings is 1. The van der Waals surface area contributed by atoms with E-state index < -0.39 is 10.0 Å². The van der Waals surface area contributed by atoms with Crippen molar-refractivity contribution in [3.05, 3.63) is 52.0 Å². The molecule has 0 aliphatic heterocycles. The lowest BCUT2D eigenvalue weighted by Gasteiger charge is -2.11.